The Bertz CT molecular complexity index is 1120. The summed E-state index contributed by atoms with van der Waals surface area (Å²) in [7, 11) is 1.84. The Balaban J connectivity index is 1.42. The van der Waals surface area contributed by atoms with E-state index in [4.69, 9.17) is 0 Å². The molecule has 4 rings (SSSR count). The molecule has 2 aromatic carbocycles. The molecule has 0 bridgehead atoms. The van der Waals surface area contributed by atoms with Crippen LogP contribution in [0.2, 0.25) is 0 Å². The zero-order chi connectivity index (χ0) is 22.0. The summed E-state index contributed by atoms with van der Waals surface area (Å²) in [6, 6.07) is 17.9. The smallest absolute Gasteiger partial charge is 0.295 e. The summed E-state index contributed by atoms with van der Waals surface area (Å²) in [5, 5.41) is 2.94. The Labute approximate surface area is 183 Å². The summed E-state index contributed by atoms with van der Waals surface area (Å²) in [5.74, 6) is -0.126. The van der Waals surface area contributed by atoms with Crippen molar-refractivity contribution in [2.24, 2.45) is 13.0 Å². The number of anilines is 1. The number of carbonyl (C=O) groups excluding carboxylic acids is 1. The Kier molecular flexibility index (Phi) is 6.09. The molecule has 0 spiro atoms. The molecule has 6 nitrogen and oxygen atoms in total. The van der Waals surface area contributed by atoms with E-state index in [0.29, 0.717) is 5.69 Å². The number of aromatic nitrogens is 2. The van der Waals surface area contributed by atoms with Crippen LogP contribution in [0.15, 0.2) is 59.4 Å². The maximum Gasteiger partial charge on any atom is 0.295 e. The molecule has 1 aromatic heterocycles. The first-order valence-electron chi connectivity index (χ1n) is 10.9. The number of para-hydroxylation sites is 1. The standard InChI is InChI=1S/C25H30N4O2/c1-18-9-7-8-10-21(18)17-28-15-13-20(14-16-28)24(30)26-23-19(2)27(3)29(25(23)31)22-11-5-4-6-12-22/h4-12,20H,13-17H2,1-3H3,(H,26,30). The van der Waals surface area contributed by atoms with Gasteiger partial charge in [0.15, 0.2) is 0 Å². The molecule has 162 valence electrons. The number of carbonyl (C=O) groups is 1. The Hall–Kier alpha value is -3.12. The van der Waals surface area contributed by atoms with Crippen molar-refractivity contribution in [1.29, 1.82) is 0 Å². The molecule has 2 heterocycles. The highest BCUT2D eigenvalue weighted by atomic mass is 16.2. The van der Waals surface area contributed by atoms with Gasteiger partial charge in [-0.25, -0.2) is 4.68 Å². The first-order chi connectivity index (χ1) is 15.0. The van der Waals surface area contributed by atoms with Crippen LogP contribution in [0, 0.1) is 19.8 Å². The molecule has 1 aliphatic heterocycles. The molecule has 1 aliphatic rings. The topological polar surface area (TPSA) is 59.3 Å². The average molecular weight is 419 g/mol. The largest absolute Gasteiger partial charge is 0.320 e. The minimum absolute atomic E-state index is 0.0541. The van der Waals surface area contributed by atoms with Gasteiger partial charge in [0.05, 0.1) is 11.4 Å². The van der Waals surface area contributed by atoms with Gasteiger partial charge in [-0.15, -0.1) is 0 Å². The Morgan fingerprint density at radius 1 is 1.00 bits per heavy atom. The van der Waals surface area contributed by atoms with Crippen molar-refractivity contribution in [3.05, 3.63) is 81.8 Å². The van der Waals surface area contributed by atoms with Gasteiger partial charge in [0.25, 0.3) is 5.56 Å². The highest BCUT2D eigenvalue weighted by molar-refractivity contribution is 5.93. The van der Waals surface area contributed by atoms with Crippen LogP contribution in [-0.2, 0) is 18.4 Å². The zero-order valence-electron chi connectivity index (χ0n) is 18.5. The fourth-order valence-electron chi connectivity index (χ4n) is 4.32. The van der Waals surface area contributed by atoms with Gasteiger partial charge in [-0.05, 0) is 63.0 Å². The molecule has 1 fully saturated rings. The van der Waals surface area contributed by atoms with Crippen LogP contribution in [0.3, 0.4) is 0 Å². The molecule has 1 saturated heterocycles. The summed E-state index contributed by atoms with van der Waals surface area (Å²) in [6.45, 7) is 6.69. The normalized spacial score (nSPS) is 15.2. The number of aryl methyl sites for hydroxylation is 1. The minimum atomic E-state index is -0.198. The maximum atomic E-state index is 13.0. The van der Waals surface area contributed by atoms with Gasteiger partial charge in [0, 0.05) is 19.5 Å². The molecular formula is C25H30N4O2. The summed E-state index contributed by atoms with van der Waals surface area (Å²) in [4.78, 5) is 28.4. The van der Waals surface area contributed by atoms with Crippen molar-refractivity contribution in [3.8, 4) is 5.69 Å². The molecular weight excluding hydrogens is 388 g/mol. The first kappa shape index (κ1) is 21.1. The summed E-state index contributed by atoms with van der Waals surface area (Å²) >= 11 is 0. The molecule has 0 aliphatic carbocycles. The van der Waals surface area contributed by atoms with E-state index in [2.05, 4.69) is 41.4 Å². The second-order valence-corrected chi connectivity index (χ2v) is 8.40. The van der Waals surface area contributed by atoms with Crippen LogP contribution in [0.1, 0.15) is 29.7 Å². The van der Waals surface area contributed by atoms with E-state index >= 15 is 0 Å². The van der Waals surface area contributed by atoms with Crippen LogP contribution in [0.5, 0.6) is 0 Å². The van der Waals surface area contributed by atoms with Crippen LogP contribution in [-0.4, -0.2) is 33.3 Å². The number of piperidine rings is 1. The van der Waals surface area contributed by atoms with Crippen LogP contribution < -0.4 is 10.9 Å². The molecule has 0 saturated carbocycles. The molecule has 1 N–H and O–H groups in total. The maximum absolute atomic E-state index is 13.0. The van der Waals surface area contributed by atoms with Gasteiger partial charge >= 0.3 is 0 Å². The van der Waals surface area contributed by atoms with E-state index in [1.807, 2.05) is 44.3 Å². The van der Waals surface area contributed by atoms with Crippen molar-refractivity contribution in [1.82, 2.24) is 14.3 Å². The third kappa shape index (κ3) is 4.35. The van der Waals surface area contributed by atoms with E-state index in [9.17, 15) is 9.59 Å². The third-order valence-corrected chi connectivity index (χ3v) is 6.42. The van der Waals surface area contributed by atoms with Gasteiger partial charge in [0.2, 0.25) is 5.91 Å². The van der Waals surface area contributed by atoms with E-state index in [1.165, 1.54) is 11.1 Å². The number of hydrogen-bond acceptors (Lipinski definition) is 3. The van der Waals surface area contributed by atoms with Crippen molar-refractivity contribution in [2.45, 2.75) is 33.2 Å². The number of nitrogens with one attached hydrogen (secondary N) is 1. The first-order valence-corrected chi connectivity index (χ1v) is 10.9. The molecule has 0 unspecified atom stereocenters. The molecule has 31 heavy (non-hydrogen) atoms. The van der Waals surface area contributed by atoms with Crippen molar-refractivity contribution in [3.63, 3.8) is 0 Å². The molecule has 3 aromatic rings. The summed E-state index contributed by atoms with van der Waals surface area (Å²) < 4.78 is 3.38. The lowest BCUT2D eigenvalue weighted by Crippen LogP contribution is -2.38. The lowest BCUT2D eigenvalue weighted by molar-refractivity contribution is -0.121. The van der Waals surface area contributed by atoms with E-state index < -0.39 is 0 Å². The van der Waals surface area contributed by atoms with Gasteiger partial charge in [-0.1, -0.05) is 42.5 Å². The van der Waals surface area contributed by atoms with Gasteiger partial charge in [-0.2, -0.15) is 0 Å². The predicted molar refractivity (Wildman–Crippen MR) is 124 cm³/mol. The predicted octanol–water partition coefficient (Wildman–Crippen LogP) is 3.64. The highest BCUT2D eigenvalue weighted by Crippen LogP contribution is 2.22. The SMILES string of the molecule is Cc1ccccc1CN1CCC(C(=O)Nc2c(C)n(C)n(-c3ccccc3)c2=O)CC1. The highest BCUT2D eigenvalue weighted by Gasteiger charge is 2.27. The summed E-state index contributed by atoms with van der Waals surface area (Å²) in [5.41, 5.74) is 4.35. The zero-order valence-corrected chi connectivity index (χ0v) is 18.5. The minimum Gasteiger partial charge on any atom is -0.320 e. The second kappa shape index (κ2) is 8.94. The molecule has 0 atom stereocenters. The molecule has 1 amide bonds. The molecule has 6 heteroatoms. The van der Waals surface area contributed by atoms with E-state index in [1.54, 1.807) is 9.36 Å². The Morgan fingerprint density at radius 3 is 2.32 bits per heavy atom. The van der Waals surface area contributed by atoms with E-state index in [-0.39, 0.29) is 17.4 Å². The number of benzene rings is 2. The van der Waals surface area contributed by atoms with Crippen LogP contribution >= 0.6 is 0 Å². The van der Waals surface area contributed by atoms with Gasteiger partial charge in [-0.3, -0.25) is 19.2 Å². The lowest BCUT2D eigenvalue weighted by Gasteiger charge is -2.31. The number of nitrogens with zero attached hydrogens (tertiary/aromatic N) is 3. The van der Waals surface area contributed by atoms with E-state index in [0.717, 1.165) is 43.9 Å². The quantitative estimate of drug-likeness (QED) is 0.688. The number of likely N-dealkylation sites (tertiary alicyclic amines) is 1. The van der Waals surface area contributed by atoms with Gasteiger partial charge in [0.1, 0.15) is 5.69 Å². The molecule has 0 radical (unpaired) electrons. The Morgan fingerprint density at radius 2 is 1.65 bits per heavy atom. The van der Waals surface area contributed by atoms with Crippen LogP contribution in [0.25, 0.3) is 5.69 Å². The van der Waals surface area contributed by atoms with Crippen LogP contribution in [0.4, 0.5) is 5.69 Å². The third-order valence-electron chi connectivity index (χ3n) is 6.42. The fourth-order valence-corrected chi connectivity index (χ4v) is 4.32. The van der Waals surface area contributed by atoms with Crippen molar-refractivity contribution >= 4 is 11.6 Å². The average Bonchev–Trinajstić information content (AvgIpc) is 2.99. The summed E-state index contributed by atoms with van der Waals surface area (Å²) in [6.07, 6.45) is 1.60. The van der Waals surface area contributed by atoms with Gasteiger partial charge < -0.3 is 5.32 Å². The monoisotopic (exact) mass is 418 g/mol. The lowest BCUT2D eigenvalue weighted by atomic mass is 9.95. The van der Waals surface area contributed by atoms with Crippen molar-refractivity contribution < 1.29 is 4.79 Å². The number of amides is 1. The second-order valence-electron chi connectivity index (χ2n) is 8.40. The number of rotatable bonds is 5. The fraction of sp³-hybridized carbons (Fsp3) is 0.360. The van der Waals surface area contributed by atoms with Crippen molar-refractivity contribution in [2.75, 3.05) is 18.4 Å². The number of hydrogen-bond donors (Lipinski definition) is 1.